The first kappa shape index (κ1) is 13.1. The Labute approximate surface area is 85.0 Å². The molecule has 0 aliphatic carbocycles. The molecular weight excluding hydrogens is 180 g/mol. The lowest BCUT2D eigenvalue weighted by atomic mass is 9.91. The molecule has 0 aromatic carbocycles. The van der Waals surface area contributed by atoms with Crippen molar-refractivity contribution in [1.29, 1.82) is 0 Å². The molecule has 0 unspecified atom stereocenters. The first-order valence-electron chi connectivity index (χ1n) is 5.10. The van der Waals surface area contributed by atoms with Crippen LogP contribution in [0.5, 0.6) is 0 Å². The molecule has 0 radical (unpaired) electrons. The lowest BCUT2D eigenvalue weighted by Gasteiger charge is -2.16. The average Bonchev–Trinajstić information content (AvgIpc) is 2.15. The summed E-state index contributed by atoms with van der Waals surface area (Å²) in [6.45, 7) is 3.93. The predicted octanol–water partition coefficient (Wildman–Crippen LogP) is 0.584. The Morgan fingerprint density at radius 2 is 1.71 bits per heavy atom. The number of carbonyl (C=O) groups excluding carboxylic acids is 2. The average molecular weight is 200 g/mol. The van der Waals surface area contributed by atoms with Crippen LogP contribution >= 0.6 is 0 Å². The second-order valence-electron chi connectivity index (χ2n) is 3.53. The maximum absolute atomic E-state index is 11.6. The molecule has 4 heteroatoms. The maximum atomic E-state index is 11.6. The number of ketones is 1. The van der Waals surface area contributed by atoms with Crippen molar-refractivity contribution < 1.29 is 9.59 Å². The van der Waals surface area contributed by atoms with Gasteiger partial charge in [-0.1, -0.05) is 13.8 Å². The van der Waals surface area contributed by atoms with Crippen LogP contribution in [0.15, 0.2) is 0 Å². The number of hydrogen-bond acceptors (Lipinski definition) is 3. The Hall–Kier alpha value is -0.900. The number of carbonyl (C=O) groups is 2. The summed E-state index contributed by atoms with van der Waals surface area (Å²) in [4.78, 5) is 22.1. The summed E-state index contributed by atoms with van der Waals surface area (Å²) in [7, 11) is 0. The normalized spacial score (nSPS) is 12.9. The highest BCUT2D eigenvalue weighted by Gasteiger charge is 2.21. The van der Waals surface area contributed by atoms with Gasteiger partial charge >= 0.3 is 0 Å². The van der Waals surface area contributed by atoms with Gasteiger partial charge in [0.2, 0.25) is 5.91 Å². The van der Waals surface area contributed by atoms with E-state index >= 15 is 0 Å². The number of primary amides is 1. The molecule has 0 saturated heterocycles. The minimum Gasteiger partial charge on any atom is -0.370 e. The molecule has 4 N–H and O–H groups in total. The molecule has 0 saturated carbocycles. The standard InChI is InChI=1S/C10H20N2O2/c1-3-7(4-2)10(14)8(11)5-6-9(12)13/h7-8H,3-6,11H2,1-2H3,(H2,12,13)/t8-/m1/s1. The van der Waals surface area contributed by atoms with Crippen molar-refractivity contribution in [2.24, 2.45) is 17.4 Å². The fourth-order valence-electron chi connectivity index (χ4n) is 1.43. The van der Waals surface area contributed by atoms with Gasteiger partial charge in [-0.05, 0) is 19.3 Å². The van der Waals surface area contributed by atoms with Gasteiger partial charge < -0.3 is 11.5 Å². The fourth-order valence-corrected chi connectivity index (χ4v) is 1.43. The van der Waals surface area contributed by atoms with E-state index in [4.69, 9.17) is 11.5 Å². The summed E-state index contributed by atoms with van der Waals surface area (Å²) in [6, 6.07) is -0.535. The zero-order chi connectivity index (χ0) is 11.1. The van der Waals surface area contributed by atoms with Crippen LogP contribution in [0, 0.1) is 5.92 Å². The summed E-state index contributed by atoms with van der Waals surface area (Å²) in [6.07, 6.45) is 2.16. The first-order chi connectivity index (χ1) is 6.52. The molecule has 0 aromatic heterocycles. The van der Waals surface area contributed by atoms with Gasteiger partial charge in [-0.15, -0.1) is 0 Å². The Morgan fingerprint density at radius 3 is 2.07 bits per heavy atom. The van der Waals surface area contributed by atoms with Gasteiger partial charge in [-0.2, -0.15) is 0 Å². The third-order valence-corrected chi connectivity index (χ3v) is 2.46. The highest BCUT2D eigenvalue weighted by Crippen LogP contribution is 2.12. The lowest BCUT2D eigenvalue weighted by molar-refractivity contribution is -0.124. The van der Waals surface area contributed by atoms with E-state index in [0.29, 0.717) is 6.42 Å². The van der Waals surface area contributed by atoms with Crippen molar-refractivity contribution in [2.75, 3.05) is 0 Å². The summed E-state index contributed by atoms with van der Waals surface area (Å²) >= 11 is 0. The van der Waals surface area contributed by atoms with Crippen LogP contribution in [0.3, 0.4) is 0 Å². The van der Waals surface area contributed by atoms with Crippen molar-refractivity contribution >= 4 is 11.7 Å². The van der Waals surface area contributed by atoms with Gasteiger partial charge in [0.25, 0.3) is 0 Å². The highest BCUT2D eigenvalue weighted by molar-refractivity contribution is 5.86. The van der Waals surface area contributed by atoms with E-state index in [1.165, 1.54) is 0 Å². The largest absolute Gasteiger partial charge is 0.370 e. The molecular formula is C10H20N2O2. The van der Waals surface area contributed by atoms with Crippen LogP contribution in [0.2, 0.25) is 0 Å². The molecule has 1 atom stereocenters. The minimum absolute atomic E-state index is 0.0258. The zero-order valence-corrected chi connectivity index (χ0v) is 8.95. The zero-order valence-electron chi connectivity index (χ0n) is 8.95. The van der Waals surface area contributed by atoms with Gasteiger partial charge in [0.1, 0.15) is 0 Å². The molecule has 0 rings (SSSR count). The summed E-state index contributed by atoms with van der Waals surface area (Å²) in [5.74, 6) is -0.327. The molecule has 1 amide bonds. The van der Waals surface area contributed by atoms with Crippen LogP contribution < -0.4 is 11.5 Å². The monoisotopic (exact) mass is 200 g/mol. The molecule has 0 aliphatic rings. The Balaban J connectivity index is 4.03. The van der Waals surface area contributed by atoms with Crippen molar-refractivity contribution in [3.05, 3.63) is 0 Å². The first-order valence-corrected chi connectivity index (χ1v) is 5.10. The fraction of sp³-hybridized carbons (Fsp3) is 0.800. The quantitative estimate of drug-likeness (QED) is 0.630. The molecule has 0 aliphatic heterocycles. The third kappa shape index (κ3) is 4.37. The summed E-state index contributed by atoms with van der Waals surface area (Å²) in [5, 5.41) is 0. The Bertz CT molecular complexity index is 200. The van der Waals surface area contributed by atoms with E-state index in [1.54, 1.807) is 0 Å². The maximum Gasteiger partial charge on any atom is 0.217 e. The number of hydrogen-bond donors (Lipinski definition) is 2. The third-order valence-electron chi connectivity index (χ3n) is 2.46. The molecule has 0 aromatic rings. The van der Waals surface area contributed by atoms with Gasteiger partial charge in [-0.3, -0.25) is 9.59 Å². The van der Waals surface area contributed by atoms with Gasteiger partial charge in [0.05, 0.1) is 6.04 Å². The van der Waals surface area contributed by atoms with Crippen LogP contribution in [0.25, 0.3) is 0 Å². The van der Waals surface area contributed by atoms with E-state index < -0.39 is 11.9 Å². The van der Waals surface area contributed by atoms with Crippen LogP contribution in [0.4, 0.5) is 0 Å². The number of nitrogens with two attached hydrogens (primary N) is 2. The highest BCUT2D eigenvalue weighted by atomic mass is 16.1. The van der Waals surface area contributed by atoms with E-state index in [1.807, 2.05) is 13.8 Å². The van der Waals surface area contributed by atoms with Crippen LogP contribution in [0.1, 0.15) is 39.5 Å². The van der Waals surface area contributed by atoms with E-state index in [9.17, 15) is 9.59 Å². The summed E-state index contributed by atoms with van der Waals surface area (Å²) in [5.41, 5.74) is 10.6. The molecule has 0 fully saturated rings. The van der Waals surface area contributed by atoms with Gasteiger partial charge in [-0.25, -0.2) is 0 Å². The number of Topliss-reactive ketones (excluding diaryl/α,β-unsaturated/α-hetero) is 1. The van der Waals surface area contributed by atoms with Crippen LogP contribution in [-0.4, -0.2) is 17.7 Å². The van der Waals surface area contributed by atoms with Gasteiger partial charge in [0, 0.05) is 12.3 Å². The molecule has 14 heavy (non-hydrogen) atoms. The Morgan fingerprint density at radius 1 is 1.21 bits per heavy atom. The second-order valence-corrected chi connectivity index (χ2v) is 3.53. The van der Waals surface area contributed by atoms with Gasteiger partial charge in [0.15, 0.2) is 5.78 Å². The van der Waals surface area contributed by atoms with Crippen molar-refractivity contribution in [2.45, 2.75) is 45.6 Å². The smallest absolute Gasteiger partial charge is 0.217 e. The molecule has 0 bridgehead atoms. The molecule has 82 valence electrons. The molecule has 0 heterocycles. The second kappa shape index (κ2) is 6.54. The molecule has 4 nitrogen and oxygen atoms in total. The van der Waals surface area contributed by atoms with Crippen LogP contribution in [-0.2, 0) is 9.59 Å². The number of rotatable bonds is 7. The topological polar surface area (TPSA) is 86.2 Å². The lowest BCUT2D eigenvalue weighted by Crippen LogP contribution is -2.36. The number of amides is 1. The van der Waals surface area contributed by atoms with E-state index in [2.05, 4.69) is 0 Å². The summed E-state index contributed by atoms with van der Waals surface area (Å²) < 4.78 is 0. The van der Waals surface area contributed by atoms with Crippen molar-refractivity contribution in [3.8, 4) is 0 Å². The van der Waals surface area contributed by atoms with E-state index in [0.717, 1.165) is 12.8 Å². The van der Waals surface area contributed by atoms with E-state index in [-0.39, 0.29) is 18.1 Å². The molecule has 0 spiro atoms. The Kier molecular flexibility index (Phi) is 6.12. The van der Waals surface area contributed by atoms with Crippen molar-refractivity contribution in [3.63, 3.8) is 0 Å². The SMILES string of the molecule is CCC(CC)C(=O)[C@H](N)CCC(N)=O. The predicted molar refractivity (Wildman–Crippen MR) is 55.5 cm³/mol. The van der Waals surface area contributed by atoms with Crippen molar-refractivity contribution in [1.82, 2.24) is 0 Å². The minimum atomic E-state index is -0.535.